The standard InChI is InChI=1S/C21H23N5O2/c1-2-26-20(23-24-25-26)14-28-17-12-10-16(11-13-17)21(27)22-19-9-5-7-15-6-3-4-8-18(15)19/h3-4,6,8,10-13,19H,2,5,7,9,14H2,1H3,(H,22,27). The summed E-state index contributed by atoms with van der Waals surface area (Å²) < 4.78 is 7.41. The van der Waals surface area contributed by atoms with E-state index < -0.39 is 0 Å². The molecule has 1 N–H and O–H groups in total. The van der Waals surface area contributed by atoms with Crippen molar-refractivity contribution in [3.8, 4) is 5.75 Å². The Kier molecular flexibility index (Phi) is 5.32. The van der Waals surface area contributed by atoms with E-state index >= 15 is 0 Å². The molecule has 0 radical (unpaired) electrons. The molecule has 144 valence electrons. The van der Waals surface area contributed by atoms with E-state index in [1.165, 1.54) is 11.1 Å². The summed E-state index contributed by atoms with van der Waals surface area (Å²) >= 11 is 0. The molecule has 2 aromatic carbocycles. The van der Waals surface area contributed by atoms with E-state index in [1.54, 1.807) is 28.9 Å². The lowest BCUT2D eigenvalue weighted by Gasteiger charge is -2.26. The highest BCUT2D eigenvalue weighted by atomic mass is 16.5. The molecule has 4 rings (SSSR count). The molecule has 0 bridgehead atoms. The molecule has 7 heteroatoms. The van der Waals surface area contributed by atoms with Crippen LogP contribution in [0.25, 0.3) is 0 Å². The molecule has 0 aliphatic heterocycles. The largest absolute Gasteiger partial charge is 0.486 e. The number of benzene rings is 2. The number of hydrogen-bond acceptors (Lipinski definition) is 5. The van der Waals surface area contributed by atoms with Crippen LogP contribution in [0.5, 0.6) is 5.75 Å². The first kappa shape index (κ1) is 18.2. The minimum atomic E-state index is -0.0665. The second-order valence-corrected chi connectivity index (χ2v) is 6.84. The molecule has 1 amide bonds. The zero-order chi connectivity index (χ0) is 19.3. The number of aryl methyl sites for hydroxylation is 2. The number of nitrogens with zero attached hydrogens (tertiary/aromatic N) is 4. The Labute approximate surface area is 163 Å². The smallest absolute Gasteiger partial charge is 0.251 e. The Bertz CT molecular complexity index is 951. The minimum absolute atomic E-state index is 0.0665. The fraction of sp³-hybridized carbons (Fsp3) is 0.333. The molecule has 1 unspecified atom stereocenters. The van der Waals surface area contributed by atoms with Gasteiger partial charge in [-0.25, -0.2) is 4.68 Å². The molecular formula is C21H23N5O2. The zero-order valence-corrected chi connectivity index (χ0v) is 15.8. The highest BCUT2D eigenvalue weighted by Gasteiger charge is 2.21. The SMILES string of the molecule is CCn1nnnc1COc1ccc(C(=O)NC2CCCc3ccccc32)cc1. The first-order chi connectivity index (χ1) is 13.7. The normalized spacial score (nSPS) is 15.7. The van der Waals surface area contributed by atoms with Crippen molar-refractivity contribution >= 4 is 5.91 Å². The predicted octanol–water partition coefficient (Wildman–Crippen LogP) is 3.08. The molecule has 1 aromatic heterocycles. The average molecular weight is 377 g/mol. The number of carbonyl (C=O) groups excluding carboxylic acids is 1. The zero-order valence-electron chi connectivity index (χ0n) is 15.8. The van der Waals surface area contributed by atoms with Gasteiger partial charge in [-0.15, -0.1) is 5.10 Å². The van der Waals surface area contributed by atoms with Gasteiger partial charge in [-0.2, -0.15) is 0 Å². The van der Waals surface area contributed by atoms with Crippen LogP contribution in [-0.2, 0) is 19.6 Å². The van der Waals surface area contributed by atoms with Crippen molar-refractivity contribution in [1.82, 2.24) is 25.5 Å². The number of aromatic nitrogens is 4. The maximum Gasteiger partial charge on any atom is 0.251 e. The Morgan fingerprint density at radius 2 is 2.04 bits per heavy atom. The van der Waals surface area contributed by atoms with Crippen LogP contribution in [0, 0.1) is 0 Å². The van der Waals surface area contributed by atoms with Crippen LogP contribution in [0.2, 0.25) is 0 Å². The number of nitrogens with one attached hydrogen (secondary N) is 1. The Hall–Kier alpha value is -3.22. The fourth-order valence-electron chi connectivity index (χ4n) is 3.57. The maximum absolute atomic E-state index is 12.7. The number of amides is 1. The van der Waals surface area contributed by atoms with Crippen LogP contribution >= 0.6 is 0 Å². The van der Waals surface area contributed by atoms with Crippen molar-refractivity contribution in [2.45, 2.75) is 45.4 Å². The van der Waals surface area contributed by atoms with E-state index in [1.807, 2.05) is 13.0 Å². The van der Waals surface area contributed by atoms with Gasteiger partial charge < -0.3 is 10.1 Å². The third-order valence-corrected chi connectivity index (χ3v) is 5.06. The average Bonchev–Trinajstić information content (AvgIpc) is 3.20. The number of tetrazole rings is 1. The monoisotopic (exact) mass is 377 g/mol. The number of hydrogen-bond donors (Lipinski definition) is 1. The molecule has 3 aromatic rings. The molecular weight excluding hydrogens is 354 g/mol. The van der Waals surface area contributed by atoms with E-state index in [2.05, 4.69) is 39.0 Å². The summed E-state index contributed by atoms with van der Waals surface area (Å²) in [6.07, 6.45) is 3.14. The van der Waals surface area contributed by atoms with Crippen molar-refractivity contribution in [1.29, 1.82) is 0 Å². The summed E-state index contributed by atoms with van der Waals surface area (Å²) in [4.78, 5) is 12.7. The summed E-state index contributed by atoms with van der Waals surface area (Å²) in [5.74, 6) is 1.27. The lowest BCUT2D eigenvalue weighted by molar-refractivity contribution is 0.0932. The lowest BCUT2D eigenvalue weighted by atomic mass is 9.87. The first-order valence-electron chi connectivity index (χ1n) is 9.61. The van der Waals surface area contributed by atoms with Crippen molar-refractivity contribution in [2.24, 2.45) is 0 Å². The molecule has 0 saturated carbocycles. The predicted molar refractivity (Wildman–Crippen MR) is 104 cm³/mol. The number of fused-ring (bicyclic) bond motifs is 1. The lowest BCUT2D eigenvalue weighted by Crippen LogP contribution is -2.30. The van der Waals surface area contributed by atoms with Gasteiger partial charge in [-0.3, -0.25) is 4.79 Å². The van der Waals surface area contributed by atoms with Gasteiger partial charge in [-0.1, -0.05) is 24.3 Å². The van der Waals surface area contributed by atoms with Crippen molar-refractivity contribution in [2.75, 3.05) is 0 Å². The highest BCUT2D eigenvalue weighted by molar-refractivity contribution is 5.94. The first-order valence-corrected chi connectivity index (χ1v) is 9.61. The van der Waals surface area contributed by atoms with Gasteiger partial charge in [0.1, 0.15) is 12.4 Å². The maximum atomic E-state index is 12.7. The summed E-state index contributed by atoms with van der Waals surface area (Å²) in [5.41, 5.74) is 3.18. The van der Waals surface area contributed by atoms with Crippen molar-refractivity contribution in [3.63, 3.8) is 0 Å². The Morgan fingerprint density at radius 1 is 1.21 bits per heavy atom. The molecule has 1 aliphatic rings. The third kappa shape index (κ3) is 3.88. The van der Waals surface area contributed by atoms with Gasteiger partial charge >= 0.3 is 0 Å². The van der Waals surface area contributed by atoms with Gasteiger partial charge in [0, 0.05) is 12.1 Å². The van der Waals surface area contributed by atoms with Gasteiger partial charge in [0.2, 0.25) is 0 Å². The Balaban J connectivity index is 1.38. The van der Waals surface area contributed by atoms with E-state index in [9.17, 15) is 4.79 Å². The minimum Gasteiger partial charge on any atom is -0.486 e. The second kappa shape index (κ2) is 8.21. The molecule has 0 saturated heterocycles. The molecule has 1 heterocycles. The van der Waals surface area contributed by atoms with Crippen LogP contribution in [0.1, 0.15) is 53.1 Å². The fourth-order valence-corrected chi connectivity index (χ4v) is 3.57. The van der Waals surface area contributed by atoms with E-state index in [0.29, 0.717) is 23.7 Å². The quantitative estimate of drug-likeness (QED) is 0.714. The van der Waals surface area contributed by atoms with Crippen LogP contribution < -0.4 is 10.1 Å². The summed E-state index contributed by atoms with van der Waals surface area (Å²) in [7, 11) is 0. The second-order valence-electron chi connectivity index (χ2n) is 6.84. The van der Waals surface area contributed by atoms with Crippen molar-refractivity contribution < 1.29 is 9.53 Å². The van der Waals surface area contributed by atoms with Crippen molar-refractivity contribution in [3.05, 3.63) is 71.0 Å². The number of carbonyl (C=O) groups is 1. The summed E-state index contributed by atoms with van der Waals surface area (Å²) in [6, 6.07) is 15.6. The van der Waals surface area contributed by atoms with Crippen LogP contribution in [-0.4, -0.2) is 26.1 Å². The van der Waals surface area contributed by atoms with E-state index in [-0.39, 0.29) is 18.6 Å². The van der Waals surface area contributed by atoms with E-state index in [4.69, 9.17) is 4.74 Å². The Morgan fingerprint density at radius 3 is 2.86 bits per heavy atom. The molecule has 1 atom stereocenters. The van der Waals surface area contributed by atoms with E-state index in [0.717, 1.165) is 19.3 Å². The topological polar surface area (TPSA) is 81.9 Å². The summed E-state index contributed by atoms with van der Waals surface area (Å²) in [6.45, 7) is 2.94. The van der Waals surface area contributed by atoms with Gasteiger partial charge in [0.25, 0.3) is 5.91 Å². The molecule has 7 nitrogen and oxygen atoms in total. The number of ether oxygens (including phenoxy) is 1. The van der Waals surface area contributed by atoms with Crippen LogP contribution in [0.4, 0.5) is 0 Å². The van der Waals surface area contributed by atoms with Gasteiger partial charge in [0.15, 0.2) is 5.82 Å². The van der Waals surface area contributed by atoms with Crippen LogP contribution in [0.3, 0.4) is 0 Å². The molecule has 28 heavy (non-hydrogen) atoms. The highest BCUT2D eigenvalue weighted by Crippen LogP contribution is 2.29. The summed E-state index contributed by atoms with van der Waals surface area (Å²) in [5, 5.41) is 14.6. The van der Waals surface area contributed by atoms with Gasteiger partial charge in [-0.05, 0) is 72.0 Å². The molecule has 1 aliphatic carbocycles. The van der Waals surface area contributed by atoms with Gasteiger partial charge in [0.05, 0.1) is 6.04 Å². The number of rotatable bonds is 6. The molecule has 0 fully saturated rings. The molecule has 0 spiro atoms. The third-order valence-electron chi connectivity index (χ3n) is 5.06. The van der Waals surface area contributed by atoms with Crippen LogP contribution in [0.15, 0.2) is 48.5 Å².